The van der Waals surface area contributed by atoms with E-state index in [1.807, 2.05) is 20.2 Å². The number of hydrogen-bond acceptors (Lipinski definition) is 4. The average molecular weight is 259 g/mol. The van der Waals surface area contributed by atoms with Crippen molar-refractivity contribution >= 4 is 11.6 Å². The Balaban J connectivity index is 1.99. The molecule has 2 aromatic rings. The van der Waals surface area contributed by atoms with Gasteiger partial charge in [0.05, 0.1) is 5.69 Å². The number of nitrogens with one attached hydrogen (secondary N) is 2. The van der Waals surface area contributed by atoms with Crippen molar-refractivity contribution in [3.63, 3.8) is 0 Å². The van der Waals surface area contributed by atoms with Crippen LogP contribution in [0, 0.1) is 6.92 Å². The zero-order chi connectivity index (χ0) is 13.8. The van der Waals surface area contributed by atoms with Crippen molar-refractivity contribution in [1.29, 1.82) is 0 Å². The van der Waals surface area contributed by atoms with Gasteiger partial charge in [0.15, 0.2) is 0 Å². The molecule has 2 rings (SSSR count). The number of carbonyl (C=O) groups is 1. The van der Waals surface area contributed by atoms with E-state index in [1.54, 1.807) is 28.9 Å². The van der Waals surface area contributed by atoms with E-state index in [9.17, 15) is 4.79 Å². The number of carbonyl (C=O) groups excluding carboxylic acids is 1. The first-order chi connectivity index (χ1) is 9.10. The van der Waals surface area contributed by atoms with Gasteiger partial charge in [0, 0.05) is 36.6 Å². The lowest BCUT2D eigenvalue weighted by atomic mass is 10.2. The van der Waals surface area contributed by atoms with Crippen molar-refractivity contribution in [1.82, 2.24) is 15.1 Å². The van der Waals surface area contributed by atoms with E-state index < -0.39 is 0 Å². The van der Waals surface area contributed by atoms with Gasteiger partial charge in [0.25, 0.3) is 5.91 Å². The first-order valence-corrected chi connectivity index (χ1v) is 5.94. The Morgan fingerprint density at radius 2 is 2.05 bits per heavy atom. The highest BCUT2D eigenvalue weighted by atomic mass is 16.1. The Hall–Kier alpha value is -2.34. The molecule has 0 aliphatic rings. The molecule has 0 spiro atoms. The van der Waals surface area contributed by atoms with Crippen molar-refractivity contribution in [3.8, 4) is 0 Å². The largest absolute Gasteiger partial charge is 0.348 e. The molecule has 6 heteroatoms. The Kier molecular flexibility index (Phi) is 3.82. The Bertz CT molecular complexity index is 573. The van der Waals surface area contributed by atoms with Crippen LogP contribution < -0.4 is 16.6 Å². The quantitative estimate of drug-likeness (QED) is 0.563. The number of rotatable bonds is 4. The molecule has 19 heavy (non-hydrogen) atoms. The Morgan fingerprint density at radius 1 is 1.37 bits per heavy atom. The lowest BCUT2D eigenvalue weighted by Crippen LogP contribution is -2.23. The number of aryl methyl sites for hydroxylation is 2. The van der Waals surface area contributed by atoms with Gasteiger partial charge in [-0.3, -0.25) is 15.3 Å². The van der Waals surface area contributed by atoms with Crippen LogP contribution in [0.5, 0.6) is 0 Å². The van der Waals surface area contributed by atoms with Gasteiger partial charge in [-0.25, -0.2) is 0 Å². The van der Waals surface area contributed by atoms with Crippen LogP contribution in [-0.2, 0) is 13.6 Å². The molecule has 6 nitrogen and oxygen atoms in total. The summed E-state index contributed by atoms with van der Waals surface area (Å²) in [6.07, 6.45) is 1.90. The molecular formula is C13H17N5O. The van der Waals surface area contributed by atoms with Crippen LogP contribution in [0.3, 0.4) is 0 Å². The van der Waals surface area contributed by atoms with Gasteiger partial charge in [-0.15, -0.1) is 0 Å². The van der Waals surface area contributed by atoms with E-state index in [0.29, 0.717) is 12.1 Å². The van der Waals surface area contributed by atoms with Crippen LogP contribution in [-0.4, -0.2) is 15.7 Å². The number of hydrazine groups is 1. The molecule has 0 atom stereocenters. The van der Waals surface area contributed by atoms with Gasteiger partial charge in [0.1, 0.15) is 0 Å². The molecule has 0 radical (unpaired) electrons. The normalized spacial score (nSPS) is 10.3. The highest BCUT2D eigenvalue weighted by Crippen LogP contribution is 2.09. The van der Waals surface area contributed by atoms with Crippen molar-refractivity contribution in [3.05, 3.63) is 47.3 Å². The summed E-state index contributed by atoms with van der Waals surface area (Å²) in [5, 5.41) is 7.09. The fraction of sp³-hybridized carbons (Fsp3) is 0.231. The number of nitrogens with zero attached hydrogens (tertiary/aromatic N) is 2. The molecule has 4 N–H and O–H groups in total. The van der Waals surface area contributed by atoms with Gasteiger partial charge in [-0.1, -0.05) is 0 Å². The Labute approximate surface area is 111 Å². The van der Waals surface area contributed by atoms with Crippen LogP contribution in [0.4, 0.5) is 5.69 Å². The molecule has 1 aromatic heterocycles. The zero-order valence-corrected chi connectivity index (χ0v) is 11.0. The summed E-state index contributed by atoms with van der Waals surface area (Å²) in [5.74, 6) is 5.15. The third kappa shape index (κ3) is 3.11. The van der Waals surface area contributed by atoms with Gasteiger partial charge in [-0.2, -0.15) is 5.10 Å². The highest BCUT2D eigenvalue weighted by molar-refractivity contribution is 5.94. The molecule has 1 amide bonds. The van der Waals surface area contributed by atoms with Gasteiger partial charge < -0.3 is 10.7 Å². The minimum atomic E-state index is -0.119. The van der Waals surface area contributed by atoms with E-state index >= 15 is 0 Å². The lowest BCUT2D eigenvalue weighted by molar-refractivity contribution is 0.0951. The molecule has 1 heterocycles. The fourth-order valence-electron chi connectivity index (χ4n) is 1.82. The predicted octanol–water partition coefficient (Wildman–Crippen LogP) is 0.944. The first-order valence-electron chi connectivity index (χ1n) is 5.94. The Morgan fingerprint density at radius 3 is 2.58 bits per heavy atom. The van der Waals surface area contributed by atoms with Crippen LogP contribution in [0.2, 0.25) is 0 Å². The van der Waals surface area contributed by atoms with Crippen LogP contribution in [0.25, 0.3) is 0 Å². The summed E-state index contributed by atoms with van der Waals surface area (Å²) in [6.45, 7) is 2.39. The molecular weight excluding hydrogens is 242 g/mol. The van der Waals surface area contributed by atoms with Gasteiger partial charge in [0.2, 0.25) is 0 Å². The zero-order valence-electron chi connectivity index (χ0n) is 11.0. The summed E-state index contributed by atoms with van der Waals surface area (Å²) < 4.78 is 1.73. The molecule has 0 unspecified atom stereocenters. The monoisotopic (exact) mass is 259 g/mol. The molecule has 1 aromatic carbocycles. The van der Waals surface area contributed by atoms with Gasteiger partial charge >= 0.3 is 0 Å². The fourth-order valence-corrected chi connectivity index (χ4v) is 1.82. The van der Waals surface area contributed by atoms with E-state index in [4.69, 9.17) is 5.84 Å². The van der Waals surface area contributed by atoms with E-state index in [1.165, 1.54) is 0 Å². The molecule has 0 aliphatic heterocycles. The van der Waals surface area contributed by atoms with E-state index in [0.717, 1.165) is 16.9 Å². The second-order valence-corrected chi connectivity index (χ2v) is 4.32. The van der Waals surface area contributed by atoms with Crippen molar-refractivity contribution < 1.29 is 4.79 Å². The summed E-state index contributed by atoms with van der Waals surface area (Å²) in [6, 6.07) is 6.95. The number of nitrogens with two attached hydrogens (primary N) is 1. The van der Waals surface area contributed by atoms with E-state index in [-0.39, 0.29) is 5.91 Å². The van der Waals surface area contributed by atoms with Crippen molar-refractivity contribution in [2.24, 2.45) is 12.9 Å². The minimum Gasteiger partial charge on any atom is -0.348 e. The third-order valence-electron chi connectivity index (χ3n) is 2.87. The maximum Gasteiger partial charge on any atom is 0.251 e. The molecule has 0 fully saturated rings. The summed E-state index contributed by atoms with van der Waals surface area (Å²) in [5.41, 5.74) is 5.81. The number of benzene rings is 1. The number of aromatic nitrogens is 2. The van der Waals surface area contributed by atoms with Crippen LogP contribution in [0.15, 0.2) is 30.5 Å². The average Bonchev–Trinajstić information content (AvgIpc) is 2.74. The lowest BCUT2D eigenvalue weighted by Gasteiger charge is -2.05. The highest BCUT2D eigenvalue weighted by Gasteiger charge is 2.07. The number of amides is 1. The predicted molar refractivity (Wildman–Crippen MR) is 73.4 cm³/mol. The molecule has 0 saturated carbocycles. The number of hydrogen-bond donors (Lipinski definition) is 3. The van der Waals surface area contributed by atoms with Crippen LogP contribution >= 0.6 is 0 Å². The minimum absolute atomic E-state index is 0.119. The van der Waals surface area contributed by atoms with E-state index in [2.05, 4.69) is 15.8 Å². The number of nitrogen functional groups attached to an aromatic ring is 1. The second kappa shape index (κ2) is 5.53. The standard InChI is InChI=1S/C13H17N5O/c1-9-11(8-18(2)17-9)7-15-13(19)10-3-5-12(16-14)6-4-10/h3-6,8,16H,7,14H2,1-2H3,(H,15,19). The smallest absolute Gasteiger partial charge is 0.251 e. The molecule has 0 saturated heterocycles. The summed E-state index contributed by atoms with van der Waals surface area (Å²) in [7, 11) is 1.86. The van der Waals surface area contributed by atoms with Crippen LogP contribution in [0.1, 0.15) is 21.6 Å². The number of anilines is 1. The third-order valence-corrected chi connectivity index (χ3v) is 2.87. The van der Waals surface area contributed by atoms with Crippen molar-refractivity contribution in [2.45, 2.75) is 13.5 Å². The first kappa shape index (κ1) is 13.1. The maximum atomic E-state index is 11.9. The molecule has 0 bridgehead atoms. The maximum absolute atomic E-state index is 11.9. The van der Waals surface area contributed by atoms with Gasteiger partial charge in [-0.05, 0) is 31.2 Å². The second-order valence-electron chi connectivity index (χ2n) is 4.32. The topological polar surface area (TPSA) is 85.0 Å². The molecule has 100 valence electrons. The molecule has 0 aliphatic carbocycles. The van der Waals surface area contributed by atoms with Crippen molar-refractivity contribution in [2.75, 3.05) is 5.43 Å². The summed E-state index contributed by atoms with van der Waals surface area (Å²) in [4.78, 5) is 11.9. The summed E-state index contributed by atoms with van der Waals surface area (Å²) >= 11 is 0. The SMILES string of the molecule is Cc1nn(C)cc1CNC(=O)c1ccc(NN)cc1.